The first-order valence-corrected chi connectivity index (χ1v) is 26.5. The lowest BCUT2D eigenvalue weighted by Crippen LogP contribution is -2.63. The van der Waals surface area contributed by atoms with E-state index in [1.165, 1.54) is 61.0 Å². The Kier molecular flexibility index (Phi) is 8.45. The smallest absolute Gasteiger partial charge is 0.0579 e. The lowest BCUT2D eigenvalue weighted by molar-refractivity contribution is 0.962. The lowest BCUT2D eigenvalue weighted by Gasteiger charge is -2.52. The number of para-hydroxylation sites is 4. The molecule has 0 unspecified atom stereocenters. The van der Waals surface area contributed by atoms with E-state index in [0.717, 1.165) is 11.4 Å². The van der Waals surface area contributed by atoms with Gasteiger partial charge in [-0.15, -0.1) is 0 Å². The molecule has 9 rings (SSSR count). The quantitative estimate of drug-likeness (QED) is 0.113. The Morgan fingerprint density at radius 2 is 0.745 bits per heavy atom. The SMILES string of the molecule is C[Si](C)(C)C1([Si](C)(C)C)c2cc(N(c3ccccc3)c3ccccc3)ccc2-c2c1c1ccc(N(c3ccccc3)c3ccccc3)cc1c1ccccc21. The summed E-state index contributed by atoms with van der Waals surface area (Å²) in [5, 5.41) is 5.38. The number of benzene rings is 8. The Morgan fingerprint density at radius 3 is 1.20 bits per heavy atom. The van der Waals surface area contributed by atoms with Crippen LogP contribution in [0.5, 0.6) is 0 Å². The largest absolute Gasteiger partial charge is 0.310 e. The Hall–Kier alpha value is -5.69. The minimum absolute atomic E-state index is 0.0674. The van der Waals surface area contributed by atoms with Gasteiger partial charge >= 0.3 is 0 Å². The zero-order chi connectivity index (χ0) is 38.0. The molecule has 0 fully saturated rings. The van der Waals surface area contributed by atoms with Crippen LogP contribution in [-0.2, 0) is 4.66 Å². The van der Waals surface area contributed by atoms with E-state index in [9.17, 15) is 0 Å². The van der Waals surface area contributed by atoms with Gasteiger partial charge in [0.05, 0.1) is 16.1 Å². The van der Waals surface area contributed by atoms with E-state index in [4.69, 9.17) is 0 Å². The van der Waals surface area contributed by atoms with Gasteiger partial charge in [-0.25, -0.2) is 0 Å². The minimum atomic E-state index is -2.04. The molecule has 0 saturated carbocycles. The van der Waals surface area contributed by atoms with Crippen LogP contribution in [0.3, 0.4) is 0 Å². The fourth-order valence-corrected chi connectivity index (χ4v) is 23.3. The monoisotopic (exact) mass is 744 g/mol. The highest BCUT2D eigenvalue weighted by Gasteiger charge is 2.60. The summed E-state index contributed by atoms with van der Waals surface area (Å²) in [6.45, 7) is 15.8. The average Bonchev–Trinajstić information content (AvgIpc) is 3.53. The van der Waals surface area contributed by atoms with Crippen molar-refractivity contribution in [2.45, 2.75) is 43.9 Å². The summed E-state index contributed by atoms with van der Waals surface area (Å²) < 4.78 is -0.0674. The van der Waals surface area contributed by atoms with E-state index in [2.05, 4.69) is 231 Å². The highest BCUT2D eigenvalue weighted by atomic mass is 28.4. The van der Waals surface area contributed by atoms with E-state index >= 15 is 0 Å². The van der Waals surface area contributed by atoms with Gasteiger partial charge in [-0.05, 0) is 117 Å². The summed E-state index contributed by atoms with van der Waals surface area (Å²) in [7, 11) is -4.08. The Morgan fingerprint density at radius 1 is 0.345 bits per heavy atom. The molecule has 1 aliphatic rings. The molecule has 0 amide bonds. The molecule has 0 aliphatic heterocycles. The summed E-state index contributed by atoms with van der Waals surface area (Å²) in [4.78, 5) is 4.83. The Labute approximate surface area is 328 Å². The summed E-state index contributed by atoms with van der Waals surface area (Å²) in [6.07, 6.45) is 0. The third-order valence-electron chi connectivity index (χ3n) is 11.9. The van der Waals surface area contributed by atoms with Crippen molar-refractivity contribution >= 4 is 71.8 Å². The number of hydrogen-bond acceptors (Lipinski definition) is 2. The average molecular weight is 745 g/mol. The van der Waals surface area contributed by atoms with Crippen LogP contribution >= 0.6 is 0 Å². The van der Waals surface area contributed by atoms with Crippen molar-refractivity contribution < 1.29 is 0 Å². The highest BCUT2D eigenvalue weighted by Crippen LogP contribution is 2.62. The predicted molar refractivity (Wildman–Crippen MR) is 244 cm³/mol. The molecule has 0 atom stereocenters. The van der Waals surface area contributed by atoms with Gasteiger partial charge in [-0.3, -0.25) is 0 Å². The third-order valence-corrected chi connectivity index (χ3v) is 21.9. The van der Waals surface area contributed by atoms with Gasteiger partial charge in [-0.1, -0.05) is 148 Å². The van der Waals surface area contributed by atoms with Crippen molar-refractivity contribution in [1.29, 1.82) is 0 Å². The minimum Gasteiger partial charge on any atom is -0.310 e. The molecule has 0 heterocycles. The molecule has 1 aliphatic carbocycles. The molecular formula is C51H48N2Si2. The predicted octanol–water partition coefficient (Wildman–Crippen LogP) is 15.0. The molecule has 0 radical (unpaired) electrons. The molecular weight excluding hydrogens is 697 g/mol. The second kappa shape index (κ2) is 13.3. The highest BCUT2D eigenvalue weighted by molar-refractivity contribution is 7.00. The molecule has 8 aromatic rings. The second-order valence-electron chi connectivity index (χ2n) is 17.0. The van der Waals surface area contributed by atoms with Crippen LogP contribution in [0.2, 0.25) is 39.3 Å². The van der Waals surface area contributed by atoms with Crippen LogP contribution < -0.4 is 9.80 Å². The summed E-state index contributed by atoms with van der Waals surface area (Å²) in [5.41, 5.74) is 12.9. The molecule has 0 N–H and O–H groups in total. The number of anilines is 6. The van der Waals surface area contributed by atoms with Crippen LogP contribution in [0.1, 0.15) is 11.1 Å². The number of hydrogen-bond donors (Lipinski definition) is 0. The molecule has 55 heavy (non-hydrogen) atoms. The second-order valence-corrected chi connectivity index (χ2v) is 28.0. The standard InChI is InChI=1S/C51H48N2Si2/c1-54(2,3)51(55(4,5)6)48-36-42(53(39-25-15-9-16-26-39)40-27-17-10-18-28-40)32-34-46(48)49-44-30-20-19-29-43(44)47-35-41(31-33-45(47)50(49)51)52(37-21-11-7-12-22-37)38-23-13-8-14-24-38/h7-36H,1-6H3. The van der Waals surface area contributed by atoms with E-state index in [0.29, 0.717) is 0 Å². The molecule has 0 spiro atoms. The lowest BCUT2D eigenvalue weighted by atomic mass is 9.91. The van der Waals surface area contributed by atoms with Gasteiger partial charge < -0.3 is 9.80 Å². The van der Waals surface area contributed by atoms with Gasteiger partial charge in [-0.2, -0.15) is 0 Å². The maximum Gasteiger partial charge on any atom is 0.0579 e. The molecule has 8 aromatic carbocycles. The maximum absolute atomic E-state index is 2.63. The van der Waals surface area contributed by atoms with Crippen LogP contribution in [0.4, 0.5) is 34.1 Å². The first-order chi connectivity index (χ1) is 26.6. The van der Waals surface area contributed by atoms with Crippen molar-refractivity contribution in [3.05, 3.63) is 193 Å². The van der Waals surface area contributed by atoms with Gasteiger partial charge in [0.2, 0.25) is 0 Å². The van der Waals surface area contributed by atoms with E-state index in [1.54, 1.807) is 5.56 Å². The molecule has 270 valence electrons. The molecule has 2 nitrogen and oxygen atoms in total. The van der Waals surface area contributed by atoms with E-state index in [-0.39, 0.29) is 4.66 Å². The van der Waals surface area contributed by atoms with Crippen molar-refractivity contribution in [3.63, 3.8) is 0 Å². The third kappa shape index (κ3) is 5.50. The van der Waals surface area contributed by atoms with E-state index < -0.39 is 16.1 Å². The molecule has 4 heteroatoms. The van der Waals surface area contributed by atoms with Crippen LogP contribution in [-0.4, -0.2) is 16.1 Å². The van der Waals surface area contributed by atoms with Gasteiger partial charge in [0.25, 0.3) is 0 Å². The number of fused-ring (bicyclic) bond motifs is 8. The van der Waals surface area contributed by atoms with E-state index in [1.807, 2.05) is 0 Å². The van der Waals surface area contributed by atoms with Gasteiger partial charge in [0.1, 0.15) is 0 Å². The topological polar surface area (TPSA) is 6.48 Å². The molecule has 0 bridgehead atoms. The molecule has 0 aromatic heterocycles. The fraction of sp³-hybridized carbons (Fsp3) is 0.137. The fourth-order valence-electron chi connectivity index (χ4n) is 10.2. The zero-order valence-electron chi connectivity index (χ0n) is 32.7. The van der Waals surface area contributed by atoms with Crippen molar-refractivity contribution in [3.8, 4) is 11.1 Å². The van der Waals surface area contributed by atoms with Crippen molar-refractivity contribution in [2.75, 3.05) is 9.80 Å². The van der Waals surface area contributed by atoms with Crippen LogP contribution in [0.25, 0.3) is 32.7 Å². The normalized spacial score (nSPS) is 13.4. The van der Waals surface area contributed by atoms with Crippen molar-refractivity contribution in [2.24, 2.45) is 0 Å². The van der Waals surface area contributed by atoms with Gasteiger partial charge in [0.15, 0.2) is 0 Å². The first-order valence-electron chi connectivity index (χ1n) is 19.5. The van der Waals surface area contributed by atoms with Crippen LogP contribution in [0, 0.1) is 0 Å². The van der Waals surface area contributed by atoms with Gasteiger partial charge in [0, 0.05) is 38.8 Å². The summed E-state index contributed by atoms with van der Waals surface area (Å²) in [5.74, 6) is 0. The summed E-state index contributed by atoms with van der Waals surface area (Å²) >= 11 is 0. The zero-order valence-corrected chi connectivity index (χ0v) is 34.7. The number of nitrogens with zero attached hydrogens (tertiary/aromatic N) is 2. The maximum atomic E-state index is 2.63. The molecule has 0 saturated heterocycles. The Balaban J connectivity index is 1.37. The number of rotatable bonds is 8. The van der Waals surface area contributed by atoms with Crippen LogP contribution in [0.15, 0.2) is 182 Å². The summed E-state index contributed by atoms with van der Waals surface area (Å²) in [6, 6.07) is 67.2. The first kappa shape index (κ1) is 35.0. The Bertz CT molecular complexity index is 2570. The van der Waals surface area contributed by atoms with Crippen molar-refractivity contribution in [1.82, 2.24) is 0 Å².